The Morgan fingerprint density at radius 2 is 1.92 bits per heavy atom. The molecule has 0 amide bonds. The first-order valence-corrected chi connectivity index (χ1v) is 4.49. The summed E-state index contributed by atoms with van der Waals surface area (Å²) in [6.07, 6.45) is 2.64. The summed E-state index contributed by atoms with van der Waals surface area (Å²) in [4.78, 5) is 0. The predicted octanol–water partition coefficient (Wildman–Crippen LogP) is -0.942. The summed E-state index contributed by atoms with van der Waals surface area (Å²) in [7, 11) is 0. The molecule has 0 aliphatic carbocycles. The first-order chi connectivity index (χ1) is 5.81. The van der Waals surface area contributed by atoms with Gasteiger partial charge in [-0.05, 0) is 32.4 Å². The van der Waals surface area contributed by atoms with E-state index in [-0.39, 0.29) is 19.3 Å². The van der Waals surface area contributed by atoms with Crippen LogP contribution in [0.4, 0.5) is 0 Å². The molecule has 0 aromatic carbocycles. The first kappa shape index (κ1) is 11.8. The number of aliphatic hydroxyl groups is 2. The zero-order valence-corrected chi connectivity index (χ0v) is 7.50. The molecule has 74 valence electrons. The fourth-order valence-electron chi connectivity index (χ4n) is 0.866. The summed E-state index contributed by atoms with van der Waals surface area (Å²) in [6, 6.07) is -0.102. The average molecular weight is 176 g/mol. The maximum Gasteiger partial charge on any atom is 0.0583 e. The molecule has 4 nitrogen and oxygen atoms in total. The van der Waals surface area contributed by atoms with Crippen molar-refractivity contribution in [3.8, 4) is 0 Å². The lowest BCUT2D eigenvalue weighted by atomic mass is 10.2. The van der Waals surface area contributed by atoms with Gasteiger partial charge in [0.15, 0.2) is 0 Å². The summed E-state index contributed by atoms with van der Waals surface area (Å²) in [5.41, 5.74) is 5.48. The van der Waals surface area contributed by atoms with Crippen LogP contribution in [0.2, 0.25) is 0 Å². The van der Waals surface area contributed by atoms with Crippen molar-refractivity contribution in [3.63, 3.8) is 0 Å². The van der Waals surface area contributed by atoms with E-state index < -0.39 is 0 Å². The van der Waals surface area contributed by atoms with Crippen molar-refractivity contribution < 1.29 is 10.2 Å². The highest BCUT2D eigenvalue weighted by Crippen LogP contribution is 1.86. The number of rotatable bonds is 8. The quantitative estimate of drug-likeness (QED) is 0.360. The van der Waals surface area contributed by atoms with Gasteiger partial charge >= 0.3 is 0 Å². The van der Waals surface area contributed by atoms with Crippen molar-refractivity contribution in [3.05, 3.63) is 0 Å². The van der Waals surface area contributed by atoms with Crippen molar-refractivity contribution in [2.45, 2.75) is 25.3 Å². The molecule has 0 rings (SSSR count). The van der Waals surface area contributed by atoms with Gasteiger partial charge in [-0.2, -0.15) is 0 Å². The summed E-state index contributed by atoms with van der Waals surface area (Å²) < 4.78 is 0. The van der Waals surface area contributed by atoms with Gasteiger partial charge in [-0.1, -0.05) is 0 Å². The van der Waals surface area contributed by atoms with E-state index in [2.05, 4.69) is 5.32 Å². The minimum absolute atomic E-state index is 0.0539. The van der Waals surface area contributed by atoms with Crippen LogP contribution in [-0.4, -0.2) is 42.6 Å². The van der Waals surface area contributed by atoms with Gasteiger partial charge < -0.3 is 21.3 Å². The van der Waals surface area contributed by atoms with Gasteiger partial charge in [-0.3, -0.25) is 0 Å². The van der Waals surface area contributed by atoms with Crippen LogP contribution in [0.1, 0.15) is 19.3 Å². The molecule has 0 aliphatic rings. The third kappa shape index (κ3) is 7.94. The Bertz CT molecular complexity index is 91.1. The van der Waals surface area contributed by atoms with Gasteiger partial charge in [0.1, 0.15) is 0 Å². The standard InChI is InChI=1S/C8H20N2O2/c9-8(7-12)3-5-10-4-1-2-6-11/h8,10-12H,1-7,9H2. The SMILES string of the molecule is NC(CO)CCNCCCCO. The van der Waals surface area contributed by atoms with Crippen molar-refractivity contribution in [2.24, 2.45) is 5.73 Å². The lowest BCUT2D eigenvalue weighted by molar-refractivity contribution is 0.258. The number of nitrogens with two attached hydrogens (primary N) is 1. The van der Waals surface area contributed by atoms with Gasteiger partial charge in [-0.15, -0.1) is 0 Å². The average Bonchev–Trinajstić information content (AvgIpc) is 2.10. The third-order valence-corrected chi connectivity index (χ3v) is 1.69. The Hall–Kier alpha value is -0.160. The van der Waals surface area contributed by atoms with Crippen LogP contribution < -0.4 is 11.1 Å². The molecule has 0 aliphatic heterocycles. The topological polar surface area (TPSA) is 78.5 Å². The van der Waals surface area contributed by atoms with E-state index in [1.165, 1.54) is 0 Å². The second-order valence-corrected chi connectivity index (χ2v) is 2.91. The first-order valence-electron chi connectivity index (χ1n) is 4.49. The number of nitrogens with one attached hydrogen (secondary N) is 1. The van der Waals surface area contributed by atoms with Crippen LogP contribution in [0, 0.1) is 0 Å². The van der Waals surface area contributed by atoms with Crippen molar-refractivity contribution in [2.75, 3.05) is 26.3 Å². The molecule has 0 fully saturated rings. The molecule has 0 bridgehead atoms. The largest absolute Gasteiger partial charge is 0.396 e. The Balaban J connectivity index is 2.90. The maximum atomic E-state index is 8.59. The van der Waals surface area contributed by atoms with E-state index in [0.29, 0.717) is 0 Å². The van der Waals surface area contributed by atoms with Crippen LogP contribution in [0.3, 0.4) is 0 Å². The predicted molar refractivity (Wildman–Crippen MR) is 48.9 cm³/mol. The third-order valence-electron chi connectivity index (χ3n) is 1.69. The smallest absolute Gasteiger partial charge is 0.0583 e. The molecule has 1 atom stereocenters. The maximum absolute atomic E-state index is 8.59. The molecule has 0 spiro atoms. The number of hydrogen-bond donors (Lipinski definition) is 4. The van der Waals surface area contributed by atoms with E-state index in [0.717, 1.165) is 32.4 Å². The molecule has 0 saturated heterocycles. The minimum atomic E-state index is -0.102. The Morgan fingerprint density at radius 3 is 2.50 bits per heavy atom. The zero-order valence-electron chi connectivity index (χ0n) is 7.50. The van der Waals surface area contributed by atoms with Crippen LogP contribution in [0.15, 0.2) is 0 Å². The Labute approximate surface area is 73.8 Å². The Kier molecular flexibility index (Phi) is 8.81. The van der Waals surface area contributed by atoms with E-state index in [4.69, 9.17) is 15.9 Å². The molecule has 12 heavy (non-hydrogen) atoms. The normalized spacial score (nSPS) is 13.2. The molecule has 4 heteroatoms. The monoisotopic (exact) mass is 176 g/mol. The zero-order chi connectivity index (χ0) is 9.23. The van der Waals surface area contributed by atoms with Gasteiger partial charge in [0.25, 0.3) is 0 Å². The highest BCUT2D eigenvalue weighted by atomic mass is 16.3. The molecule has 1 unspecified atom stereocenters. The lowest BCUT2D eigenvalue weighted by Crippen LogP contribution is -2.29. The molecular formula is C8H20N2O2. The molecule has 0 radical (unpaired) electrons. The highest BCUT2D eigenvalue weighted by Gasteiger charge is 1.97. The minimum Gasteiger partial charge on any atom is -0.396 e. The second kappa shape index (κ2) is 8.93. The number of hydrogen-bond acceptors (Lipinski definition) is 4. The highest BCUT2D eigenvalue weighted by molar-refractivity contribution is 4.60. The molecule has 0 aromatic rings. The van der Waals surface area contributed by atoms with Crippen LogP contribution >= 0.6 is 0 Å². The lowest BCUT2D eigenvalue weighted by Gasteiger charge is -2.08. The van der Waals surface area contributed by atoms with Crippen LogP contribution in [-0.2, 0) is 0 Å². The summed E-state index contributed by atoms with van der Waals surface area (Å²) >= 11 is 0. The fraction of sp³-hybridized carbons (Fsp3) is 1.00. The molecular weight excluding hydrogens is 156 g/mol. The van der Waals surface area contributed by atoms with E-state index in [9.17, 15) is 0 Å². The summed E-state index contributed by atoms with van der Waals surface area (Å²) in [5, 5.41) is 20.2. The van der Waals surface area contributed by atoms with Gasteiger partial charge in [0.05, 0.1) is 6.61 Å². The molecule has 0 saturated carbocycles. The summed E-state index contributed by atoms with van der Waals surface area (Å²) in [5.74, 6) is 0. The summed E-state index contributed by atoms with van der Waals surface area (Å²) in [6.45, 7) is 2.07. The molecule has 0 aromatic heterocycles. The van der Waals surface area contributed by atoms with Gasteiger partial charge in [-0.25, -0.2) is 0 Å². The number of unbranched alkanes of at least 4 members (excludes halogenated alkanes) is 1. The van der Waals surface area contributed by atoms with Crippen LogP contribution in [0.5, 0.6) is 0 Å². The van der Waals surface area contributed by atoms with Crippen molar-refractivity contribution in [1.82, 2.24) is 5.32 Å². The van der Waals surface area contributed by atoms with Crippen molar-refractivity contribution >= 4 is 0 Å². The van der Waals surface area contributed by atoms with Crippen LogP contribution in [0.25, 0.3) is 0 Å². The van der Waals surface area contributed by atoms with Crippen molar-refractivity contribution in [1.29, 1.82) is 0 Å². The van der Waals surface area contributed by atoms with Gasteiger partial charge in [0, 0.05) is 12.6 Å². The van der Waals surface area contributed by atoms with E-state index in [1.54, 1.807) is 0 Å². The fourth-order valence-corrected chi connectivity index (χ4v) is 0.866. The second-order valence-electron chi connectivity index (χ2n) is 2.91. The number of aliphatic hydroxyl groups excluding tert-OH is 2. The van der Waals surface area contributed by atoms with E-state index >= 15 is 0 Å². The van der Waals surface area contributed by atoms with Gasteiger partial charge in [0.2, 0.25) is 0 Å². The van der Waals surface area contributed by atoms with E-state index in [1.807, 2.05) is 0 Å². The molecule has 0 heterocycles. The Morgan fingerprint density at radius 1 is 1.17 bits per heavy atom. The molecule has 5 N–H and O–H groups in total.